The molecular formula is C19H23N3O. The molecule has 1 unspecified atom stereocenters. The first-order chi connectivity index (χ1) is 11.1. The molecule has 2 heterocycles. The zero-order chi connectivity index (χ0) is 16.4. The summed E-state index contributed by atoms with van der Waals surface area (Å²) in [5.41, 5.74) is 10.9. The second kappa shape index (κ2) is 6.50. The number of piperidine rings is 1. The molecule has 0 saturated carbocycles. The van der Waals surface area contributed by atoms with E-state index in [2.05, 4.69) is 29.4 Å². The Labute approximate surface area is 137 Å². The van der Waals surface area contributed by atoms with Gasteiger partial charge in [-0.3, -0.25) is 4.79 Å². The summed E-state index contributed by atoms with van der Waals surface area (Å²) >= 11 is 0. The van der Waals surface area contributed by atoms with Crippen molar-refractivity contribution in [2.75, 3.05) is 18.8 Å². The van der Waals surface area contributed by atoms with Crippen LogP contribution in [0.1, 0.15) is 47.2 Å². The van der Waals surface area contributed by atoms with Gasteiger partial charge in [-0.15, -0.1) is 0 Å². The predicted octanol–water partition coefficient (Wildman–Crippen LogP) is 3.31. The molecule has 0 amide bonds. The number of hydrogen-bond donors (Lipinski definition) is 2. The van der Waals surface area contributed by atoms with Crippen LogP contribution in [0.2, 0.25) is 0 Å². The number of carbonyl (C=O) groups is 1. The molecule has 1 aliphatic rings. The standard InChI is InChI=1S/C19H23N3O/c1-12-6-3-4-8-15(12)17-10-16(14-7-5-9-21-11-14)18(13(2)23)19(20)22-17/h3-4,6,8,10,14,21H,5,7,9,11H2,1-2H3,(H2,20,22). The minimum absolute atomic E-state index is 0.00749. The van der Waals surface area contributed by atoms with Crippen molar-refractivity contribution < 1.29 is 4.79 Å². The first-order valence-electron chi connectivity index (χ1n) is 8.16. The van der Waals surface area contributed by atoms with Crippen LogP contribution in [0.15, 0.2) is 30.3 Å². The van der Waals surface area contributed by atoms with E-state index in [1.165, 1.54) is 0 Å². The van der Waals surface area contributed by atoms with Crippen molar-refractivity contribution in [1.29, 1.82) is 0 Å². The number of ketones is 1. The highest BCUT2D eigenvalue weighted by atomic mass is 16.1. The van der Waals surface area contributed by atoms with E-state index in [1.54, 1.807) is 6.92 Å². The SMILES string of the molecule is CC(=O)c1c(C2CCCNC2)cc(-c2ccccc2C)nc1N. The number of nitrogen functional groups attached to an aromatic ring is 1. The highest BCUT2D eigenvalue weighted by Crippen LogP contribution is 2.33. The summed E-state index contributed by atoms with van der Waals surface area (Å²) in [6, 6.07) is 10.2. The van der Waals surface area contributed by atoms with Crippen LogP contribution in [0, 0.1) is 6.92 Å². The van der Waals surface area contributed by atoms with Crippen molar-refractivity contribution in [3.8, 4) is 11.3 Å². The summed E-state index contributed by atoms with van der Waals surface area (Å²) < 4.78 is 0. The van der Waals surface area contributed by atoms with Gasteiger partial charge >= 0.3 is 0 Å². The molecule has 120 valence electrons. The maximum Gasteiger partial charge on any atom is 0.163 e. The number of aryl methyl sites for hydroxylation is 1. The van der Waals surface area contributed by atoms with E-state index in [0.717, 1.165) is 48.3 Å². The number of aromatic nitrogens is 1. The van der Waals surface area contributed by atoms with E-state index in [4.69, 9.17) is 5.73 Å². The Kier molecular flexibility index (Phi) is 4.44. The number of benzene rings is 1. The van der Waals surface area contributed by atoms with E-state index in [-0.39, 0.29) is 5.78 Å². The molecule has 23 heavy (non-hydrogen) atoms. The Hall–Kier alpha value is -2.20. The molecule has 4 nitrogen and oxygen atoms in total. The Morgan fingerprint density at radius 3 is 2.78 bits per heavy atom. The number of pyridine rings is 1. The van der Waals surface area contributed by atoms with Gasteiger partial charge in [0.2, 0.25) is 0 Å². The maximum atomic E-state index is 12.1. The van der Waals surface area contributed by atoms with Crippen molar-refractivity contribution in [3.63, 3.8) is 0 Å². The Balaban J connectivity index is 2.15. The van der Waals surface area contributed by atoms with Gasteiger partial charge in [-0.1, -0.05) is 24.3 Å². The number of hydrogen-bond acceptors (Lipinski definition) is 4. The van der Waals surface area contributed by atoms with E-state index >= 15 is 0 Å². The summed E-state index contributed by atoms with van der Waals surface area (Å²) in [6.07, 6.45) is 2.19. The topological polar surface area (TPSA) is 68.0 Å². The van der Waals surface area contributed by atoms with Gasteiger partial charge in [-0.2, -0.15) is 0 Å². The second-order valence-corrected chi connectivity index (χ2v) is 6.27. The smallest absolute Gasteiger partial charge is 0.163 e. The van der Waals surface area contributed by atoms with E-state index in [1.807, 2.05) is 18.2 Å². The van der Waals surface area contributed by atoms with Crippen LogP contribution in [-0.4, -0.2) is 23.9 Å². The Morgan fingerprint density at radius 1 is 1.35 bits per heavy atom. The number of carbonyl (C=O) groups excluding carboxylic acids is 1. The van der Waals surface area contributed by atoms with Crippen molar-refractivity contribution in [2.24, 2.45) is 0 Å². The van der Waals surface area contributed by atoms with Crippen LogP contribution in [0.4, 0.5) is 5.82 Å². The van der Waals surface area contributed by atoms with Crippen molar-refractivity contribution in [3.05, 3.63) is 47.0 Å². The molecule has 2 aromatic rings. The fourth-order valence-electron chi connectivity index (χ4n) is 3.41. The third kappa shape index (κ3) is 3.13. The normalized spacial score (nSPS) is 17.9. The molecular weight excluding hydrogens is 286 g/mol. The van der Waals surface area contributed by atoms with E-state index in [9.17, 15) is 4.79 Å². The highest BCUT2D eigenvalue weighted by Gasteiger charge is 2.24. The molecule has 1 fully saturated rings. The minimum Gasteiger partial charge on any atom is -0.383 e. The lowest BCUT2D eigenvalue weighted by Crippen LogP contribution is -2.29. The average molecular weight is 309 g/mol. The van der Waals surface area contributed by atoms with Gasteiger partial charge in [-0.25, -0.2) is 4.98 Å². The third-order valence-corrected chi connectivity index (χ3v) is 4.59. The summed E-state index contributed by atoms with van der Waals surface area (Å²) in [4.78, 5) is 16.6. The van der Waals surface area contributed by atoms with Crippen molar-refractivity contribution >= 4 is 11.6 Å². The van der Waals surface area contributed by atoms with Gasteiger partial charge < -0.3 is 11.1 Å². The van der Waals surface area contributed by atoms with Gasteiger partial charge in [-0.05, 0) is 56.3 Å². The molecule has 0 aliphatic carbocycles. The number of nitrogens with zero attached hydrogens (tertiary/aromatic N) is 1. The summed E-state index contributed by atoms with van der Waals surface area (Å²) in [5.74, 6) is 0.654. The Morgan fingerprint density at radius 2 is 2.13 bits per heavy atom. The molecule has 0 bridgehead atoms. The number of nitrogens with two attached hydrogens (primary N) is 1. The van der Waals surface area contributed by atoms with Crippen LogP contribution < -0.4 is 11.1 Å². The molecule has 0 radical (unpaired) electrons. The molecule has 0 spiro atoms. The van der Waals surface area contributed by atoms with Gasteiger partial charge in [0, 0.05) is 12.1 Å². The molecule has 3 rings (SSSR count). The van der Waals surface area contributed by atoms with Crippen LogP contribution in [0.5, 0.6) is 0 Å². The average Bonchev–Trinajstić information content (AvgIpc) is 2.55. The largest absolute Gasteiger partial charge is 0.383 e. The molecule has 4 heteroatoms. The lowest BCUT2D eigenvalue weighted by atomic mass is 9.86. The lowest BCUT2D eigenvalue weighted by molar-refractivity contribution is 0.101. The van der Waals surface area contributed by atoms with E-state index < -0.39 is 0 Å². The molecule has 1 aliphatic heterocycles. The number of nitrogens with one attached hydrogen (secondary N) is 1. The molecule has 1 aromatic heterocycles. The monoisotopic (exact) mass is 309 g/mol. The van der Waals surface area contributed by atoms with Gasteiger partial charge in [0.1, 0.15) is 5.82 Å². The molecule has 1 saturated heterocycles. The highest BCUT2D eigenvalue weighted by molar-refractivity contribution is 6.00. The van der Waals surface area contributed by atoms with Gasteiger partial charge in [0.05, 0.1) is 11.3 Å². The molecule has 1 atom stereocenters. The Bertz CT molecular complexity index is 733. The third-order valence-electron chi connectivity index (χ3n) is 4.59. The minimum atomic E-state index is -0.00749. The summed E-state index contributed by atoms with van der Waals surface area (Å²) in [6.45, 7) is 5.56. The van der Waals surface area contributed by atoms with Gasteiger partial charge in [0.15, 0.2) is 5.78 Å². The lowest BCUT2D eigenvalue weighted by Gasteiger charge is -2.26. The fourth-order valence-corrected chi connectivity index (χ4v) is 3.41. The van der Waals surface area contributed by atoms with Crippen molar-refractivity contribution in [1.82, 2.24) is 10.3 Å². The van der Waals surface area contributed by atoms with Crippen LogP contribution in [-0.2, 0) is 0 Å². The predicted molar refractivity (Wildman–Crippen MR) is 93.7 cm³/mol. The first-order valence-corrected chi connectivity index (χ1v) is 8.16. The van der Waals surface area contributed by atoms with E-state index in [0.29, 0.717) is 17.3 Å². The molecule has 1 aromatic carbocycles. The van der Waals surface area contributed by atoms with Gasteiger partial charge in [0.25, 0.3) is 0 Å². The zero-order valence-electron chi connectivity index (χ0n) is 13.7. The summed E-state index contributed by atoms with van der Waals surface area (Å²) in [7, 11) is 0. The molecule has 3 N–H and O–H groups in total. The van der Waals surface area contributed by atoms with Crippen LogP contribution >= 0.6 is 0 Å². The first kappa shape index (κ1) is 15.7. The number of rotatable bonds is 3. The van der Waals surface area contributed by atoms with Crippen LogP contribution in [0.25, 0.3) is 11.3 Å². The number of anilines is 1. The maximum absolute atomic E-state index is 12.1. The van der Waals surface area contributed by atoms with Crippen LogP contribution in [0.3, 0.4) is 0 Å². The quantitative estimate of drug-likeness (QED) is 0.854. The van der Waals surface area contributed by atoms with Crippen molar-refractivity contribution in [2.45, 2.75) is 32.6 Å². The second-order valence-electron chi connectivity index (χ2n) is 6.27. The number of Topliss-reactive ketones (excluding diaryl/α,β-unsaturated/α-hetero) is 1. The zero-order valence-corrected chi connectivity index (χ0v) is 13.7. The fraction of sp³-hybridized carbons (Fsp3) is 0.368. The summed E-state index contributed by atoms with van der Waals surface area (Å²) in [5, 5.41) is 3.42.